The first kappa shape index (κ1) is 20.1. The summed E-state index contributed by atoms with van der Waals surface area (Å²) in [7, 11) is -3.75. The summed E-state index contributed by atoms with van der Waals surface area (Å²) in [6.07, 6.45) is 0. The Kier molecular flexibility index (Phi) is 6.90. The van der Waals surface area contributed by atoms with Gasteiger partial charge in [0.15, 0.2) is 18.2 Å². The number of amides is 1. The third-order valence-electron chi connectivity index (χ3n) is 3.10. The zero-order chi connectivity index (χ0) is 19.2. The number of hydrogen-bond acceptors (Lipinski definition) is 4. The van der Waals surface area contributed by atoms with E-state index in [4.69, 9.17) is 16.3 Å². The fourth-order valence-corrected chi connectivity index (χ4v) is 3.22. The molecule has 0 unspecified atom stereocenters. The number of benzene rings is 2. The number of halogens is 3. The Morgan fingerprint density at radius 3 is 2.58 bits per heavy atom. The molecule has 0 heterocycles. The molecule has 0 aliphatic carbocycles. The summed E-state index contributed by atoms with van der Waals surface area (Å²) in [5.74, 6) is -2.53. The van der Waals surface area contributed by atoms with Crippen molar-refractivity contribution >= 4 is 27.5 Å². The van der Waals surface area contributed by atoms with E-state index in [-0.39, 0.29) is 28.8 Å². The summed E-state index contributed by atoms with van der Waals surface area (Å²) in [6, 6.07) is 8.44. The molecule has 0 fully saturated rings. The van der Waals surface area contributed by atoms with Crippen LogP contribution in [0.25, 0.3) is 0 Å². The van der Waals surface area contributed by atoms with Crippen LogP contribution in [0.15, 0.2) is 47.4 Å². The molecule has 0 saturated carbocycles. The highest BCUT2D eigenvalue weighted by Crippen LogP contribution is 2.17. The van der Waals surface area contributed by atoms with Gasteiger partial charge in [-0.1, -0.05) is 17.7 Å². The highest BCUT2D eigenvalue weighted by atomic mass is 35.5. The molecular formula is C16H15ClF2N2O4S. The Morgan fingerprint density at radius 2 is 1.88 bits per heavy atom. The Morgan fingerprint density at radius 1 is 1.12 bits per heavy atom. The molecule has 10 heteroatoms. The van der Waals surface area contributed by atoms with Crippen LogP contribution in [0.5, 0.6) is 5.75 Å². The van der Waals surface area contributed by atoms with Crippen molar-refractivity contribution in [2.75, 3.05) is 19.7 Å². The Balaban J connectivity index is 1.74. The van der Waals surface area contributed by atoms with Crippen molar-refractivity contribution < 1.29 is 26.7 Å². The lowest BCUT2D eigenvalue weighted by molar-refractivity contribution is -0.123. The van der Waals surface area contributed by atoms with Crippen LogP contribution in [0.4, 0.5) is 8.78 Å². The zero-order valence-electron chi connectivity index (χ0n) is 13.3. The lowest BCUT2D eigenvalue weighted by atomic mass is 10.3. The summed E-state index contributed by atoms with van der Waals surface area (Å²) in [5.41, 5.74) is 0. The maximum Gasteiger partial charge on any atom is 0.257 e. The van der Waals surface area contributed by atoms with Crippen molar-refractivity contribution in [3.63, 3.8) is 0 Å². The lowest BCUT2D eigenvalue weighted by Gasteiger charge is -2.09. The largest absolute Gasteiger partial charge is 0.481 e. The maximum atomic E-state index is 13.3. The number of carbonyl (C=O) groups excluding carboxylic acids is 1. The topological polar surface area (TPSA) is 84.5 Å². The molecule has 0 aliphatic rings. The van der Waals surface area contributed by atoms with Crippen LogP contribution in [0.2, 0.25) is 5.02 Å². The minimum Gasteiger partial charge on any atom is -0.481 e. The molecule has 0 spiro atoms. The molecule has 2 rings (SSSR count). The van der Waals surface area contributed by atoms with Gasteiger partial charge in [-0.2, -0.15) is 0 Å². The molecule has 0 radical (unpaired) electrons. The number of rotatable bonds is 8. The first-order valence-electron chi connectivity index (χ1n) is 7.38. The van der Waals surface area contributed by atoms with Crippen molar-refractivity contribution in [2.45, 2.75) is 4.90 Å². The average molecular weight is 405 g/mol. The van der Waals surface area contributed by atoms with E-state index in [1.165, 1.54) is 18.2 Å². The number of carbonyl (C=O) groups is 1. The Bertz CT molecular complexity index is 894. The van der Waals surface area contributed by atoms with Crippen LogP contribution in [-0.4, -0.2) is 34.0 Å². The van der Waals surface area contributed by atoms with E-state index in [1.807, 2.05) is 0 Å². The van der Waals surface area contributed by atoms with E-state index in [2.05, 4.69) is 10.0 Å². The van der Waals surface area contributed by atoms with Crippen molar-refractivity contribution in [2.24, 2.45) is 0 Å². The summed E-state index contributed by atoms with van der Waals surface area (Å²) in [5, 5.41) is 2.69. The lowest BCUT2D eigenvalue weighted by Crippen LogP contribution is -2.36. The summed E-state index contributed by atoms with van der Waals surface area (Å²) >= 11 is 5.75. The Labute approximate surface area is 154 Å². The summed E-state index contributed by atoms with van der Waals surface area (Å²) in [6.45, 7) is -0.566. The molecular weight excluding hydrogens is 390 g/mol. The predicted octanol–water partition coefficient (Wildman–Crippen LogP) is 2.09. The summed E-state index contributed by atoms with van der Waals surface area (Å²) in [4.78, 5) is 11.6. The monoisotopic (exact) mass is 404 g/mol. The minimum absolute atomic E-state index is 0.00597. The van der Waals surface area contributed by atoms with Gasteiger partial charge in [0.1, 0.15) is 5.82 Å². The molecule has 2 aromatic carbocycles. The maximum absolute atomic E-state index is 13.3. The van der Waals surface area contributed by atoms with E-state index < -0.39 is 34.2 Å². The molecule has 1 amide bonds. The van der Waals surface area contributed by atoms with Crippen LogP contribution in [0, 0.1) is 11.6 Å². The van der Waals surface area contributed by atoms with Crippen molar-refractivity contribution in [3.8, 4) is 5.75 Å². The van der Waals surface area contributed by atoms with E-state index in [0.717, 1.165) is 12.1 Å². The fourth-order valence-electron chi connectivity index (χ4n) is 1.89. The molecule has 140 valence electrons. The average Bonchev–Trinajstić information content (AvgIpc) is 2.58. The molecule has 0 saturated heterocycles. The second-order valence-electron chi connectivity index (χ2n) is 5.07. The molecule has 2 aromatic rings. The van der Waals surface area contributed by atoms with Crippen molar-refractivity contribution in [3.05, 3.63) is 59.1 Å². The van der Waals surface area contributed by atoms with Gasteiger partial charge in [-0.25, -0.2) is 21.9 Å². The van der Waals surface area contributed by atoms with Gasteiger partial charge in [-0.05, 0) is 30.3 Å². The number of ether oxygens (including phenoxy) is 1. The number of nitrogens with one attached hydrogen (secondary N) is 2. The molecule has 0 bridgehead atoms. The standard InChI is InChI=1S/C16H15ClF2N2O4S/c17-11-2-1-3-13(8-11)26(23,24)21-7-6-20-16(22)10-25-15-5-4-12(18)9-14(15)19/h1-5,8-9,21H,6-7,10H2,(H,20,22). The second kappa shape index (κ2) is 8.93. The van der Waals surface area contributed by atoms with Gasteiger partial charge >= 0.3 is 0 Å². The first-order chi connectivity index (χ1) is 12.3. The molecule has 2 N–H and O–H groups in total. The minimum atomic E-state index is -3.75. The van der Waals surface area contributed by atoms with Crippen molar-refractivity contribution in [1.82, 2.24) is 10.0 Å². The highest BCUT2D eigenvalue weighted by molar-refractivity contribution is 7.89. The van der Waals surface area contributed by atoms with E-state index in [0.29, 0.717) is 6.07 Å². The van der Waals surface area contributed by atoms with Gasteiger partial charge in [0.05, 0.1) is 4.90 Å². The normalized spacial score (nSPS) is 11.2. The summed E-state index contributed by atoms with van der Waals surface area (Å²) < 4.78 is 57.4. The van der Waals surface area contributed by atoms with Crippen molar-refractivity contribution in [1.29, 1.82) is 0 Å². The number of sulfonamides is 1. The molecule has 0 atom stereocenters. The van der Waals surface area contributed by atoms with Gasteiger partial charge in [0, 0.05) is 24.2 Å². The van der Waals surface area contributed by atoms with Crippen LogP contribution >= 0.6 is 11.6 Å². The number of hydrogen-bond donors (Lipinski definition) is 2. The third kappa shape index (κ3) is 5.94. The zero-order valence-corrected chi connectivity index (χ0v) is 14.9. The molecule has 26 heavy (non-hydrogen) atoms. The SMILES string of the molecule is O=C(COc1ccc(F)cc1F)NCCNS(=O)(=O)c1cccc(Cl)c1. The quantitative estimate of drug-likeness (QED) is 0.660. The van der Waals surface area contributed by atoms with E-state index in [1.54, 1.807) is 6.07 Å². The van der Waals surface area contributed by atoms with E-state index >= 15 is 0 Å². The van der Waals surface area contributed by atoms with Crippen LogP contribution in [-0.2, 0) is 14.8 Å². The molecule has 0 aliphatic heterocycles. The smallest absolute Gasteiger partial charge is 0.257 e. The molecule has 0 aromatic heterocycles. The highest BCUT2D eigenvalue weighted by Gasteiger charge is 2.14. The van der Waals surface area contributed by atoms with E-state index in [9.17, 15) is 22.0 Å². The van der Waals surface area contributed by atoms with Gasteiger partial charge in [0.2, 0.25) is 10.0 Å². The third-order valence-corrected chi connectivity index (χ3v) is 4.79. The van der Waals surface area contributed by atoms with Gasteiger partial charge in [0.25, 0.3) is 5.91 Å². The van der Waals surface area contributed by atoms with Gasteiger partial charge < -0.3 is 10.1 Å². The van der Waals surface area contributed by atoms with Crippen LogP contribution in [0.1, 0.15) is 0 Å². The second-order valence-corrected chi connectivity index (χ2v) is 7.27. The molecule has 6 nitrogen and oxygen atoms in total. The fraction of sp³-hybridized carbons (Fsp3) is 0.188. The van der Waals surface area contributed by atoms with Crippen LogP contribution in [0.3, 0.4) is 0 Å². The predicted molar refractivity (Wildman–Crippen MR) is 91.5 cm³/mol. The van der Waals surface area contributed by atoms with Gasteiger partial charge in [-0.3, -0.25) is 4.79 Å². The van der Waals surface area contributed by atoms with Crippen LogP contribution < -0.4 is 14.8 Å². The first-order valence-corrected chi connectivity index (χ1v) is 9.24. The Hall–Kier alpha value is -2.23. The van der Waals surface area contributed by atoms with Gasteiger partial charge in [-0.15, -0.1) is 0 Å².